The number of hydrogen-bond donors (Lipinski definition) is 2. The predicted octanol–water partition coefficient (Wildman–Crippen LogP) is 0.411. The number of hydrogen-bond acceptors (Lipinski definition) is 3. The molecule has 0 aromatic heterocycles. The van der Waals surface area contributed by atoms with E-state index in [1.807, 2.05) is 0 Å². The van der Waals surface area contributed by atoms with Gasteiger partial charge in [-0.1, -0.05) is 0 Å². The van der Waals surface area contributed by atoms with E-state index in [-0.39, 0.29) is 12.0 Å². The maximum absolute atomic E-state index is 11.7. The van der Waals surface area contributed by atoms with Gasteiger partial charge >= 0.3 is 0 Å². The van der Waals surface area contributed by atoms with Crippen LogP contribution in [0.4, 0.5) is 0 Å². The molecule has 1 saturated carbocycles. The van der Waals surface area contributed by atoms with Crippen molar-refractivity contribution in [1.29, 1.82) is 0 Å². The normalized spacial score (nSPS) is 27.7. The van der Waals surface area contributed by atoms with Crippen molar-refractivity contribution in [3.8, 4) is 0 Å². The van der Waals surface area contributed by atoms with E-state index in [4.69, 9.17) is 10.5 Å². The van der Waals surface area contributed by atoms with Gasteiger partial charge in [0.15, 0.2) is 0 Å². The largest absolute Gasteiger partial charge is 0.368 e. The van der Waals surface area contributed by atoms with E-state index in [0.717, 1.165) is 39.0 Å². The van der Waals surface area contributed by atoms with E-state index in [2.05, 4.69) is 5.32 Å². The Kier molecular flexibility index (Phi) is 3.26. The van der Waals surface area contributed by atoms with Crippen molar-refractivity contribution >= 4 is 5.91 Å². The summed E-state index contributed by atoms with van der Waals surface area (Å²) < 4.78 is 5.32. The van der Waals surface area contributed by atoms with Crippen LogP contribution in [0.3, 0.4) is 0 Å². The van der Waals surface area contributed by atoms with Crippen molar-refractivity contribution in [2.75, 3.05) is 19.7 Å². The summed E-state index contributed by atoms with van der Waals surface area (Å²) in [7, 11) is 0. The molecular weight excluding hydrogens is 192 g/mol. The summed E-state index contributed by atoms with van der Waals surface area (Å²) in [5.41, 5.74) is 5.87. The maximum atomic E-state index is 11.7. The third-order valence-electron chi connectivity index (χ3n) is 3.49. The lowest BCUT2D eigenvalue weighted by atomic mass is 10.0. The second-order valence-electron chi connectivity index (χ2n) is 4.76. The minimum atomic E-state index is -0.196. The zero-order valence-electron chi connectivity index (χ0n) is 9.13. The summed E-state index contributed by atoms with van der Waals surface area (Å²) in [6.45, 7) is 2.23. The van der Waals surface area contributed by atoms with E-state index in [1.165, 1.54) is 12.8 Å². The zero-order chi connectivity index (χ0) is 10.7. The van der Waals surface area contributed by atoms with Crippen LogP contribution in [0, 0.1) is 5.41 Å². The lowest BCUT2D eigenvalue weighted by Gasteiger charge is -2.16. The predicted molar refractivity (Wildman–Crippen MR) is 57.3 cm³/mol. The summed E-state index contributed by atoms with van der Waals surface area (Å²) in [6.07, 6.45) is 5.12. The third-order valence-corrected chi connectivity index (χ3v) is 3.49. The Morgan fingerprint density at radius 2 is 2.33 bits per heavy atom. The van der Waals surface area contributed by atoms with E-state index in [9.17, 15) is 4.79 Å². The SMILES string of the molecule is NCCC1(CNC(=O)C2CCCO2)CC1. The van der Waals surface area contributed by atoms with Crippen LogP contribution in [0.1, 0.15) is 32.1 Å². The quantitative estimate of drug-likeness (QED) is 0.694. The Morgan fingerprint density at radius 3 is 2.87 bits per heavy atom. The Bertz CT molecular complexity index is 233. The molecule has 0 spiro atoms. The molecule has 0 aromatic carbocycles. The molecule has 4 nitrogen and oxygen atoms in total. The van der Waals surface area contributed by atoms with Gasteiger partial charge in [-0.05, 0) is 44.1 Å². The van der Waals surface area contributed by atoms with E-state index < -0.39 is 0 Å². The third kappa shape index (κ3) is 2.69. The van der Waals surface area contributed by atoms with Crippen molar-refractivity contribution in [1.82, 2.24) is 5.32 Å². The van der Waals surface area contributed by atoms with Gasteiger partial charge < -0.3 is 15.8 Å². The fraction of sp³-hybridized carbons (Fsp3) is 0.909. The molecule has 2 fully saturated rings. The van der Waals surface area contributed by atoms with Crippen LogP contribution < -0.4 is 11.1 Å². The fourth-order valence-electron chi connectivity index (χ4n) is 2.17. The molecule has 2 aliphatic rings. The molecule has 1 aliphatic heterocycles. The first-order valence-corrected chi connectivity index (χ1v) is 5.85. The molecular formula is C11H20N2O2. The first-order chi connectivity index (χ1) is 7.26. The Morgan fingerprint density at radius 1 is 1.53 bits per heavy atom. The van der Waals surface area contributed by atoms with Crippen molar-refractivity contribution in [3.05, 3.63) is 0 Å². The number of carbonyl (C=O) groups excluding carboxylic acids is 1. The Balaban J connectivity index is 1.70. The van der Waals surface area contributed by atoms with Crippen LogP contribution in [0.15, 0.2) is 0 Å². The molecule has 86 valence electrons. The molecule has 1 heterocycles. The summed E-state index contributed by atoms with van der Waals surface area (Å²) in [6, 6.07) is 0. The summed E-state index contributed by atoms with van der Waals surface area (Å²) in [5, 5.41) is 2.99. The molecule has 1 atom stereocenters. The molecule has 1 amide bonds. The standard InChI is InChI=1S/C11H20N2O2/c12-6-5-11(3-4-11)8-13-10(14)9-2-1-7-15-9/h9H,1-8,12H2,(H,13,14). The molecule has 4 heteroatoms. The topological polar surface area (TPSA) is 64.3 Å². The molecule has 0 aromatic rings. The Hall–Kier alpha value is -0.610. The number of nitrogens with one attached hydrogen (secondary N) is 1. The molecule has 1 aliphatic carbocycles. The number of rotatable bonds is 5. The van der Waals surface area contributed by atoms with E-state index in [0.29, 0.717) is 5.41 Å². The van der Waals surface area contributed by atoms with Crippen molar-refractivity contribution < 1.29 is 9.53 Å². The van der Waals surface area contributed by atoms with Gasteiger partial charge in [-0.15, -0.1) is 0 Å². The van der Waals surface area contributed by atoms with Crippen LogP contribution in [0.25, 0.3) is 0 Å². The van der Waals surface area contributed by atoms with Gasteiger partial charge in [-0.3, -0.25) is 4.79 Å². The fourth-order valence-corrected chi connectivity index (χ4v) is 2.17. The van der Waals surface area contributed by atoms with Gasteiger partial charge in [0.2, 0.25) is 5.91 Å². The van der Waals surface area contributed by atoms with Crippen LogP contribution in [-0.2, 0) is 9.53 Å². The first-order valence-electron chi connectivity index (χ1n) is 5.85. The van der Waals surface area contributed by atoms with Crippen LogP contribution in [0.2, 0.25) is 0 Å². The lowest BCUT2D eigenvalue weighted by Crippen LogP contribution is -2.38. The molecule has 3 N–H and O–H groups in total. The van der Waals surface area contributed by atoms with Gasteiger partial charge in [-0.2, -0.15) is 0 Å². The second-order valence-corrected chi connectivity index (χ2v) is 4.76. The highest BCUT2D eigenvalue weighted by Crippen LogP contribution is 2.47. The van der Waals surface area contributed by atoms with Gasteiger partial charge in [0, 0.05) is 13.2 Å². The number of amides is 1. The van der Waals surface area contributed by atoms with Crippen LogP contribution in [-0.4, -0.2) is 31.7 Å². The second kappa shape index (κ2) is 4.49. The van der Waals surface area contributed by atoms with Gasteiger partial charge in [0.05, 0.1) is 0 Å². The van der Waals surface area contributed by atoms with E-state index >= 15 is 0 Å². The van der Waals surface area contributed by atoms with Crippen molar-refractivity contribution in [2.45, 2.75) is 38.2 Å². The summed E-state index contributed by atoms with van der Waals surface area (Å²) in [5.74, 6) is 0.0656. The maximum Gasteiger partial charge on any atom is 0.249 e. The van der Waals surface area contributed by atoms with Gasteiger partial charge in [0.25, 0.3) is 0 Å². The molecule has 0 bridgehead atoms. The molecule has 2 rings (SSSR count). The molecule has 15 heavy (non-hydrogen) atoms. The first kappa shape index (κ1) is 10.9. The minimum Gasteiger partial charge on any atom is -0.368 e. The van der Waals surface area contributed by atoms with Crippen molar-refractivity contribution in [2.24, 2.45) is 11.1 Å². The molecule has 0 radical (unpaired) electrons. The molecule has 1 saturated heterocycles. The van der Waals surface area contributed by atoms with Gasteiger partial charge in [-0.25, -0.2) is 0 Å². The monoisotopic (exact) mass is 212 g/mol. The summed E-state index contributed by atoms with van der Waals surface area (Å²) >= 11 is 0. The van der Waals surface area contributed by atoms with Crippen LogP contribution in [0.5, 0.6) is 0 Å². The zero-order valence-corrected chi connectivity index (χ0v) is 9.13. The minimum absolute atomic E-state index is 0.0656. The lowest BCUT2D eigenvalue weighted by molar-refractivity contribution is -0.130. The number of ether oxygens (including phenoxy) is 1. The van der Waals surface area contributed by atoms with Crippen LogP contribution >= 0.6 is 0 Å². The van der Waals surface area contributed by atoms with Gasteiger partial charge in [0.1, 0.15) is 6.10 Å². The highest BCUT2D eigenvalue weighted by Gasteiger charge is 2.42. The average Bonchev–Trinajstić information content (AvgIpc) is 2.81. The average molecular weight is 212 g/mol. The summed E-state index contributed by atoms with van der Waals surface area (Å²) in [4.78, 5) is 11.7. The molecule has 1 unspecified atom stereocenters. The number of nitrogens with two attached hydrogens (primary N) is 1. The smallest absolute Gasteiger partial charge is 0.249 e. The van der Waals surface area contributed by atoms with Crippen molar-refractivity contribution in [3.63, 3.8) is 0 Å². The van der Waals surface area contributed by atoms with E-state index in [1.54, 1.807) is 0 Å². The highest BCUT2D eigenvalue weighted by molar-refractivity contribution is 5.81. The highest BCUT2D eigenvalue weighted by atomic mass is 16.5. The number of carbonyl (C=O) groups is 1. The Labute approximate surface area is 90.5 Å².